The number of hydrogen-bond donors (Lipinski definition) is 1. The average molecular weight is 407 g/mol. The number of ketones is 1. The zero-order valence-electron chi connectivity index (χ0n) is 16.9. The van der Waals surface area contributed by atoms with Gasteiger partial charge in [-0.25, -0.2) is 4.79 Å². The third-order valence-electron chi connectivity index (χ3n) is 5.56. The molecule has 3 amide bonds. The van der Waals surface area contributed by atoms with Gasteiger partial charge in [-0.1, -0.05) is 37.3 Å². The lowest BCUT2D eigenvalue weighted by Crippen LogP contribution is -2.45. The summed E-state index contributed by atoms with van der Waals surface area (Å²) in [5.41, 5.74) is 1.12. The molecular formula is C23H25N3O4. The van der Waals surface area contributed by atoms with E-state index < -0.39 is 6.04 Å². The molecule has 2 aliphatic rings. The van der Waals surface area contributed by atoms with E-state index in [-0.39, 0.29) is 30.3 Å². The van der Waals surface area contributed by atoms with E-state index in [0.29, 0.717) is 36.6 Å². The number of benzene rings is 2. The first-order valence-corrected chi connectivity index (χ1v) is 10.3. The molecule has 2 atom stereocenters. The second kappa shape index (κ2) is 8.57. The van der Waals surface area contributed by atoms with Crippen LogP contribution in [-0.2, 0) is 4.79 Å². The molecule has 4 rings (SSSR count). The lowest BCUT2D eigenvalue weighted by molar-refractivity contribution is -0.119. The number of fused-ring (bicyclic) bond motifs is 1. The van der Waals surface area contributed by atoms with Crippen molar-refractivity contribution < 1.29 is 19.1 Å². The summed E-state index contributed by atoms with van der Waals surface area (Å²) in [5.74, 6) is 0.326. The normalized spacial score (nSPS) is 20.2. The van der Waals surface area contributed by atoms with Crippen molar-refractivity contribution in [2.75, 3.05) is 25.0 Å². The van der Waals surface area contributed by atoms with Crippen molar-refractivity contribution in [3.63, 3.8) is 0 Å². The molecular weight excluding hydrogens is 382 g/mol. The van der Waals surface area contributed by atoms with E-state index in [1.54, 1.807) is 46.2 Å². The van der Waals surface area contributed by atoms with Gasteiger partial charge in [-0.05, 0) is 37.1 Å². The zero-order valence-corrected chi connectivity index (χ0v) is 16.9. The number of hydrogen-bond acceptors (Lipinski definition) is 4. The number of anilines is 1. The smallest absolute Gasteiger partial charge is 0.322 e. The van der Waals surface area contributed by atoms with E-state index >= 15 is 0 Å². The minimum atomic E-state index is -0.610. The van der Waals surface area contributed by atoms with Gasteiger partial charge >= 0.3 is 6.03 Å². The number of nitrogens with one attached hydrogen (secondary N) is 1. The molecule has 2 aromatic carbocycles. The van der Waals surface area contributed by atoms with Crippen molar-refractivity contribution >= 4 is 23.4 Å². The van der Waals surface area contributed by atoms with E-state index in [0.717, 1.165) is 6.42 Å². The first-order valence-electron chi connectivity index (χ1n) is 10.3. The summed E-state index contributed by atoms with van der Waals surface area (Å²) < 4.78 is 5.70. The van der Waals surface area contributed by atoms with Crippen LogP contribution in [0.3, 0.4) is 0 Å². The Kier molecular flexibility index (Phi) is 5.70. The molecule has 1 N–H and O–H groups in total. The molecule has 2 heterocycles. The molecule has 0 unspecified atom stereocenters. The quantitative estimate of drug-likeness (QED) is 0.826. The largest absolute Gasteiger partial charge is 0.491 e. The Labute approximate surface area is 175 Å². The molecule has 0 bridgehead atoms. The van der Waals surface area contributed by atoms with Crippen LogP contribution in [-0.4, -0.2) is 59.3 Å². The molecule has 0 radical (unpaired) electrons. The van der Waals surface area contributed by atoms with Gasteiger partial charge in [-0.2, -0.15) is 0 Å². The SMILES string of the molecule is CCCOc1ccccc1NC(=O)N1CC[C@@H]2[C@H]1C(=O)CN2C(=O)c1ccccc1. The predicted octanol–water partition coefficient (Wildman–Crippen LogP) is 3.18. The maximum atomic E-state index is 13.0. The highest BCUT2D eigenvalue weighted by atomic mass is 16.5. The summed E-state index contributed by atoms with van der Waals surface area (Å²) >= 11 is 0. The van der Waals surface area contributed by atoms with Gasteiger partial charge in [0.1, 0.15) is 11.8 Å². The molecule has 156 valence electrons. The van der Waals surface area contributed by atoms with E-state index in [2.05, 4.69) is 5.32 Å². The van der Waals surface area contributed by atoms with Crippen molar-refractivity contribution in [1.29, 1.82) is 0 Å². The zero-order chi connectivity index (χ0) is 21.1. The molecule has 0 spiro atoms. The van der Waals surface area contributed by atoms with Crippen LogP contribution >= 0.6 is 0 Å². The molecule has 30 heavy (non-hydrogen) atoms. The molecule has 2 aliphatic heterocycles. The summed E-state index contributed by atoms with van der Waals surface area (Å²) in [4.78, 5) is 41.8. The number of carbonyl (C=O) groups is 3. The Balaban J connectivity index is 1.48. The van der Waals surface area contributed by atoms with Crippen LogP contribution in [0.4, 0.5) is 10.5 Å². The lowest BCUT2D eigenvalue weighted by atomic mass is 10.1. The molecule has 0 aromatic heterocycles. The van der Waals surface area contributed by atoms with Crippen LogP contribution in [0.2, 0.25) is 0 Å². The highest BCUT2D eigenvalue weighted by molar-refractivity contribution is 6.03. The summed E-state index contributed by atoms with van der Waals surface area (Å²) in [6.07, 6.45) is 1.44. The van der Waals surface area contributed by atoms with Gasteiger partial charge in [0.25, 0.3) is 5.91 Å². The fourth-order valence-corrected chi connectivity index (χ4v) is 4.16. The minimum absolute atomic E-state index is 0.0308. The summed E-state index contributed by atoms with van der Waals surface area (Å²) in [5, 5.41) is 2.88. The lowest BCUT2D eigenvalue weighted by Gasteiger charge is -2.25. The summed E-state index contributed by atoms with van der Waals surface area (Å²) in [7, 11) is 0. The number of Topliss-reactive ketones (excluding diaryl/α,β-unsaturated/α-hetero) is 1. The van der Waals surface area contributed by atoms with Gasteiger partial charge in [0, 0.05) is 12.1 Å². The van der Waals surface area contributed by atoms with E-state index in [1.165, 1.54) is 0 Å². The van der Waals surface area contributed by atoms with Gasteiger partial charge in [0.05, 0.1) is 24.9 Å². The first kappa shape index (κ1) is 19.9. The molecule has 7 nitrogen and oxygen atoms in total. The highest BCUT2D eigenvalue weighted by Crippen LogP contribution is 2.32. The standard InChI is InChI=1S/C23H25N3O4/c1-2-14-30-20-11-7-6-10-17(20)24-23(29)25-13-12-18-21(25)19(27)15-26(18)22(28)16-8-4-3-5-9-16/h3-11,18,21H,2,12-15H2,1H3,(H,24,29)/t18-,21+/m1/s1. The predicted molar refractivity (Wildman–Crippen MR) is 113 cm³/mol. The van der Waals surface area contributed by atoms with Crippen LogP contribution in [0.25, 0.3) is 0 Å². The number of carbonyl (C=O) groups excluding carboxylic acids is 3. The molecule has 0 aliphatic carbocycles. The van der Waals surface area contributed by atoms with Gasteiger partial charge in [0.15, 0.2) is 5.78 Å². The monoisotopic (exact) mass is 407 g/mol. The van der Waals surface area contributed by atoms with Crippen LogP contribution in [0, 0.1) is 0 Å². The van der Waals surface area contributed by atoms with Crippen LogP contribution in [0.5, 0.6) is 5.75 Å². The number of amides is 3. The van der Waals surface area contributed by atoms with E-state index in [1.807, 2.05) is 25.1 Å². The molecule has 7 heteroatoms. The van der Waals surface area contributed by atoms with Gasteiger partial charge in [0.2, 0.25) is 0 Å². The van der Waals surface area contributed by atoms with Crippen molar-refractivity contribution in [1.82, 2.24) is 9.80 Å². The Morgan fingerprint density at radius 3 is 2.57 bits per heavy atom. The number of para-hydroxylation sites is 2. The van der Waals surface area contributed by atoms with E-state index in [4.69, 9.17) is 4.74 Å². The highest BCUT2D eigenvalue weighted by Gasteiger charge is 2.51. The van der Waals surface area contributed by atoms with Crippen LogP contribution < -0.4 is 10.1 Å². The number of urea groups is 1. The third kappa shape index (κ3) is 3.75. The van der Waals surface area contributed by atoms with Crippen molar-refractivity contribution in [3.05, 3.63) is 60.2 Å². The van der Waals surface area contributed by atoms with Crippen molar-refractivity contribution in [3.8, 4) is 5.75 Å². The molecule has 2 aromatic rings. The number of likely N-dealkylation sites (tertiary alicyclic amines) is 2. The third-order valence-corrected chi connectivity index (χ3v) is 5.56. The Hall–Kier alpha value is -3.35. The summed E-state index contributed by atoms with van der Waals surface area (Å²) in [6, 6.07) is 14.9. The maximum Gasteiger partial charge on any atom is 0.322 e. The van der Waals surface area contributed by atoms with Gasteiger partial charge in [-0.3, -0.25) is 9.59 Å². The Morgan fingerprint density at radius 2 is 1.80 bits per heavy atom. The summed E-state index contributed by atoms with van der Waals surface area (Å²) in [6.45, 7) is 3.02. The number of ether oxygens (including phenoxy) is 1. The van der Waals surface area contributed by atoms with Crippen LogP contribution in [0.1, 0.15) is 30.1 Å². The van der Waals surface area contributed by atoms with Gasteiger partial charge in [-0.15, -0.1) is 0 Å². The van der Waals surface area contributed by atoms with E-state index in [9.17, 15) is 14.4 Å². The maximum absolute atomic E-state index is 13.0. The number of nitrogens with zero attached hydrogens (tertiary/aromatic N) is 2. The van der Waals surface area contributed by atoms with Crippen molar-refractivity contribution in [2.45, 2.75) is 31.8 Å². The van der Waals surface area contributed by atoms with Crippen molar-refractivity contribution in [2.24, 2.45) is 0 Å². The van der Waals surface area contributed by atoms with Crippen LogP contribution in [0.15, 0.2) is 54.6 Å². The van der Waals surface area contributed by atoms with Gasteiger partial charge < -0.3 is 19.9 Å². The Bertz CT molecular complexity index is 946. The average Bonchev–Trinajstić information content (AvgIpc) is 3.35. The Morgan fingerprint density at radius 1 is 1.07 bits per heavy atom. The second-order valence-corrected chi connectivity index (χ2v) is 7.53. The first-order chi connectivity index (χ1) is 14.6. The molecule has 2 saturated heterocycles. The molecule has 2 fully saturated rings. The fraction of sp³-hybridized carbons (Fsp3) is 0.348. The second-order valence-electron chi connectivity index (χ2n) is 7.53. The topological polar surface area (TPSA) is 79.0 Å². The fourth-order valence-electron chi connectivity index (χ4n) is 4.16. The molecule has 0 saturated carbocycles. The number of rotatable bonds is 5. The minimum Gasteiger partial charge on any atom is -0.491 e.